The summed E-state index contributed by atoms with van der Waals surface area (Å²) < 4.78 is 2.37. The molecule has 0 fully saturated rings. The Labute approximate surface area is 124 Å². The van der Waals surface area contributed by atoms with Gasteiger partial charge in [-0.2, -0.15) is 4.57 Å². The lowest BCUT2D eigenvalue weighted by molar-refractivity contribution is -0.668. The normalized spacial score (nSPS) is 10.2. The summed E-state index contributed by atoms with van der Waals surface area (Å²) in [5, 5.41) is 1.29. The number of para-hydroxylation sites is 1. The van der Waals surface area contributed by atoms with Gasteiger partial charge in [-0.1, -0.05) is 42.5 Å². The number of hydrogen-bond acceptors (Lipinski definition) is 0. The van der Waals surface area contributed by atoms with E-state index in [2.05, 4.69) is 78.2 Å². The molecule has 0 spiro atoms. The third-order valence-corrected chi connectivity index (χ3v) is 3.34. The van der Waals surface area contributed by atoms with Crippen LogP contribution in [0.4, 0.5) is 0 Å². The maximum atomic E-state index is 2.37. The Morgan fingerprint density at radius 2 is 1.47 bits per heavy atom. The van der Waals surface area contributed by atoms with Crippen LogP contribution < -0.4 is 21.5 Å². The summed E-state index contributed by atoms with van der Waals surface area (Å²) >= 11 is 0. The second kappa shape index (κ2) is 5.98. The van der Waals surface area contributed by atoms with Crippen LogP contribution in [0.25, 0.3) is 10.9 Å². The minimum Gasteiger partial charge on any atom is -1.00 e. The molecule has 0 aliphatic heterocycles. The maximum absolute atomic E-state index is 2.37. The number of benzene rings is 2. The van der Waals surface area contributed by atoms with E-state index in [1.54, 1.807) is 0 Å². The standard InChI is InChI=1S/C17H16N.BrH/c1-14-11-12-16-9-5-6-10-17(16)18(14)13-15-7-3-2-4-8-15;/h2-12H,13H2,1H3;1H/q+1;/p-1. The number of aromatic nitrogens is 1. The topological polar surface area (TPSA) is 3.88 Å². The zero-order chi connectivity index (χ0) is 12.4. The molecule has 2 heteroatoms. The average molecular weight is 314 g/mol. The lowest BCUT2D eigenvalue weighted by Crippen LogP contribution is -3.00. The van der Waals surface area contributed by atoms with Gasteiger partial charge in [-0.3, -0.25) is 0 Å². The fourth-order valence-corrected chi connectivity index (χ4v) is 2.34. The van der Waals surface area contributed by atoms with Crippen molar-refractivity contribution in [2.45, 2.75) is 13.5 Å². The zero-order valence-corrected chi connectivity index (χ0v) is 12.5. The highest BCUT2D eigenvalue weighted by atomic mass is 79.9. The lowest BCUT2D eigenvalue weighted by atomic mass is 10.1. The van der Waals surface area contributed by atoms with E-state index in [4.69, 9.17) is 0 Å². The van der Waals surface area contributed by atoms with Gasteiger partial charge in [0.15, 0.2) is 12.2 Å². The van der Waals surface area contributed by atoms with E-state index >= 15 is 0 Å². The quantitative estimate of drug-likeness (QED) is 0.606. The largest absolute Gasteiger partial charge is 1.00 e. The molecule has 3 aromatic rings. The molecule has 0 aliphatic carbocycles. The molecule has 0 aliphatic rings. The first-order valence-corrected chi connectivity index (χ1v) is 6.27. The maximum Gasteiger partial charge on any atom is 0.212 e. The van der Waals surface area contributed by atoms with Crippen molar-refractivity contribution < 1.29 is 21.5 Å². The van der Waals surface area contributed by atoms with Crippen molar-refractivity contribution in [3.05, 3.63) is 78.0 Å². The monoisotopic (exact) mass is 313 g/mol. The molecule has 3 rings (SSSR count). The van der Waals surface area contributed by atoms with Gasteiger partial charge in [0.25, 0.3) is 0 Å². The number of hydrogen-bond donors (Lipinski definition) is 0. The first kappa shape index (κ1) is 13.8. The van der Waals surface area contributed by atoms with E-state index in [9.17, 15) is 0 Å². The van der Waals surface area contributed by atoms with Crippen molar-refractivity contribution in [3.8, 4) is 0 Å². The van der Waals surface area contributed by atoms with Crippen LogP contribution in [-0.4, -0.2) is 0 Å². The van der Waals surface area contributed by atoms with Gasteiger partial charge < -0.3 is 17.0 Å². The highest BCUT2D eigenvalue weighted by Crippen LogP contribution is 2.11. The van der Waals surface area contributed by atoms with Gasteiger partial charge in [-0.15, -0.1) is 0 Å². The van der Waals surface area contributed by atoms with Gasteiger partial charge in [0, 0.05) is 30.0 Å². The summed E-state index contributed by atoms with van der Waals surface area (Å²) in [5.41, 5.74) is 3.92. The molecule has 0 radical (unpaired) electrons. The molecule has 0 bridgehead atoms. The second-order valence-corrected chi connectivity index (χ2v) is 4.61. The van der Waals surface area contributed by atoms with Crippen LogP contribution in [0.5, 0.6) is 0 Å². The van der Waals surface area contributed by atoms with E-state index < -0.39 is 0 Å². The van der Waals surface area contributed by atoms with Crippen molar-refractivity contribution in [2.75, 3.05) is 0 Å². The average Bonchev–Trinajstić information content (AvgIpc) is 2.43. The number of halogens is 1. The van der Waals surface area contributed by atoms with Crippen LogP contribution in [0.3, 0.4) is 0 Å². The molecular formula is C17H16BrN. The first-order chi connectivity index (χ1) is 8.84. The Hall–Kier alpha value is -1.67. The molecule has 1 aromatic heterocycles. The van der Waals surface area contributed by atoms with Crippen LogP contribution in [0, 0.1) is 6.92 Å². The Morgan fingerprint density at radius 3 is 2.26 bits per heavy atom. The molecule has 1 nitrogen and oxygen atoms in total. The lowest BCUT2D eigenvalue weighted by Gasteiger charge is -2.04. The molecule has 0 amide bonds. The van der Waals surface area contributed by atoms with Crippen LogP contribution in [0.2, 0.25) is 0 Å². The van der Waals surface area contributed by atoms with Crippen LogP contribution >= 0.6 is 0 Å². The number of rotatable bonds is 2. The van der Waals surface area contributed by atoms with E-state index in [0.29, 0.717) is 0 Å². The minimum atomic E-state index is 0. The van der Waals surface area contributed by atoms with Gasteiger partial charge >= 0.3 is 0 Å². The Kier molecular flexibility index (Phi) is 4.33. The third kappa shape index (κ3) is 2.85. The van der Waals surface area contributed by atoms with Crippen molar-refractivity contribution in [2.24, 2.45) is 0 Å². The summed E-state index contributed by atoms with van der Waals surface area (Å²) in [6.07, 6.45) is 0. The van der Waals surface area contributed by atoms with Gasteiger partial charge in [-0.05, 0) is 12.1 Å². The van der Waals surface area contributed by atoms with Gasteiger partial charge in [0.2, 0.25) is 5.52 Å². The third-order valence-electron chi connectivity index (χ3n) is 3.34. The Balaban J connectivity index is 0.00000133. The molecule has 1 heterocycles. The molecule has 19 heavy (non-hydrogen) atoms. The SMILES string of the molecule is Cc1ccc2ccccc2[n+]1Cc1ccccc1.[Br-]. The van der Waals surface area contributed by atoms with E-state index in [0.717, 1.165) is 6.54 Å². The van der Waals surface area contributed by atoms with E-state index in [1.165, 1.54) is 22.2 Å². The highest BCUT2D eigenvalue weighted by molar-refractivity contribution is 5.75. The number of fused-ring (bicyclic) bond motifs is 1. The molecule has 0 saturated carbocycles. The molecule has 0 N–H and O–H groups in total. The van der Waals surface area contributed by atoms with Crippen LogP contribution in [0.1, 0.15) is 11.3 Å². The predicted octanol–water partition coefficient (Wildman–Crippen LogP) is 0.488. The van der Waals surface area contributed by atoms with Crippen molar-refractivity contribution >= 4 is 10.9 Å². The van der Waals surface area contributed by atoms with Gasteiger partial charge in [0.1, 0.15) is 0 Å². The molecule has 0 atom stereocenters. The molecular weight excluding hydrogens is 298 g/mol. The van der Waals surface area contributed by atoms with E-state index in [1.807, 2.05) is 0 Å². The van der Waals surface area contributed by atoms with Crippen LogP contribution in [-0.2, 0) is 6.54 Å². The summed E-state index contributed by atoms with van der Waals surface area (Å²) in [6, 6.07) is 23.5. The second-order valence-electron chi connectivity index (χ2n) is 4.61. The fourth-order valence-electron chi connectivity index (χ4n) is 2.34. The first-order valence-electron chi connectivity index (χ1n) is 6.27. The fraction of sp³-hybridized carbons (Fsp3) is 0.118. The molecule has 2 aromatic carbocycles. The van der Waals surface area contributed by atoms with Crippen molar-refractivity contribution in [1.29, 1.82) is 0 Å². The summed E-state index contributed by atoms with van der Waals surface area (Å²) in [4.78, 5) is 0. The molecule has 0 saturated heterocycles. The minimum absolute atomic E-state index is 0. The summed E-state index contributed by atoms with van der Waals surface area (Å²) in [5.74, 6) is 0. The van der Waals surface area contributed by atoms with Gasteiger partial charge in [0.05, 0.1) is 0 Å². The van der Waals surface area contributed by atoms with Crippen molar-refractivity contribution in [1.82, 2.24) is 0 Å². The van der Waals surface area contributed by atoms with E-state index in [-0.39, 0.29) is 17.0 Å². The Bertz CT molecular complexity index is 677. The predicted molar refractivity (Wildman–Crippen MR) is 74.4 cm³/mol. The summed E-state index contributed by atoms with van der Waals surface area (Å²) in [6.45, 7) is 3.09. The zero-order valence-electron chi connectivity index (χ0n) is 10.9. The smallest absolute Gasteiger partial charge is 0.212 e. The van der Waals surface area contributed by atoms with Crippen molar-refractivity contribution in [3.63, 3.8) is 0 Å². The van der Waals surface area contributed by atoms with Gasteiger partial charge in [-0.25, -0.2) is 0 Å². The highest BCUT2D eigenvalue weighted by Gasteiger charge is 2.12. The molecule has 96 valence electrons. The summed E-state index contributed by atoms with van der Waals surface area (Å²) in [7, 11) is 0. The number of aryl methyl sites for hydroxylation is 1. The number of nitrogens with zero attached hydrogens (tertiary/aromatic N) is 1. The van der Waals surface area contributed by atoms with Crippen LogP contribution in [0.15, 0.2) is 66.7 Å². The molecule has 0 unspecified atom stereocenters. The number of pyridine rings is 1. The Morgan fingerprint density at radius 1 is 0.789 bits per heavy atom.